The fraction of sp³-hybridized carbons (Fsp3) is 0.214. The molecule has 0 saturated heterocycles. The quantitative estimate of drug-likeness (QED) is 0.875. The van der Waals surface area contributed by atoms with Gasteiger partial charge in [0.1, 0.15) is 0 Å². The highest BCUT2D eigenvalue weighted by atomic mass is 35.5. The van der Waals surface area contributed by atoms with Crippen molar-refractivity contribution >= 4 is 33.2 Å². The summed E-state index contributed by atoms with van der Waals surface area (Å²) in [4.78, 5) is 12.1. The Morgan fingerprint density at radius 2 is 1.91 bits per heavy atom. The van der Waals surface area contributed by atoms with Gasteiger partial charge in [0.15, 0.2) is 5.76 Å². The van der Waals surface area contributed by atoms with Gasteiger partial charge in [0.05, 0.1) is 10.7 Å². The molecule has 22 heavy (non-hydrogen) atoms. The second-order valence-electron chi connectivity index (χ2n) is 4.95. The smallest absolute Gasteiger partial charge is 0.291 e. The topological polar surface area (TPSA) is 88.4 Å². The van der Waals surface area contributed by atoms with Gasteiger partial charge in [-0.15, -0.1) is 0 Å². The molecular formula is C14H13ClN2O4S. The highest BCUT2D eigenvalue weighted by Crippen LogP contribution is 2.24. The van der Waals surface area contributed by atoms with E-state index in [4.69, 9.17) is 16.0 Å². The van der Waals surface area contributed by atoms with Crippen molar-refractivity contribution in [3.05, 3.63) is 47.2 Å². The molecule has 1 fully saturated rings. The minimum atomic E-state index is -3.71. The number of hydrogen-bond donors (Lipinski definition) is 2. The summed E-state index contributed by atoms with van der Waals surface area (Å²) < 4.78 is 31.6. The van der Waals surface area contributed by atoms with Crippen LogP contribution < -0.4 is 10.0 Å². The summed E-state index contributed by atoms with van der Waals surface area (Å²) in [6.07, 6.45) is 1.64. The molecule has 1 heterocycles. The van der Waals surface area contributed by atoms with E-state index < -0.39 is 15.9 Å². The zero-order valence-electron chi connectivity index (χ0n) is 11.4. The number of halogens is 1. The average molecular weight is 341 g/mol. The third-order valence-electron chi connectivity index (χ3n) is 3.09. The number of carbonyl (C=O) groups excluding carboxylic acids is 1. The summed E-state index contributed by atoms with van der Waals surface area (Å²) in [5.74, 6) is -0.669. The second-order valence-corrected chi connectivity index (χ2v) is 7.00. The van der Waals surface area contributed by atoms with E-state index in [-0.39, 0.29) is 16.9 Å². The van der Waals surface area contributed by atoms with Crippen LogP contribution in [-0.4, -0.2) is 20.4 Å². The van der Waals surface area contributed by atoms with Gasteiger partial charge in [-0.2, -0.15) is 0 Å². The van der Waals surface area contributed by atoms with Gasteiger partial charge >= 0.3 is 0 Å². The summed E-state index contributed by atoms with van der Waals surface area (Å²) in [6, 6.07) is 9.26. The molecule has 1 aliphatic rings. The van der Waals surface area contributed by atoms with Crippen molar-refractivity contribution in [2.24, 2.45) is 0 Å². The number of amides is 1. The predicted octanol–water partition coefficient (Wildman–Crippen LogP) is 2.63. The normalized spacial score (nSPS) is 14.8. The van der Waals surface area contributed by atoms with E-state index in [1.807, 2.05) is 0 Å². The van der Waals surface area contributed by atoms with Gasteiger partial charge in [-0.1, -0.05) is 23.7 Å². The molecule has 0 radical (unpaired) electrons. The Balaban J connectivity index is 1.75. The molecule has 1 aliphatic carbocycles. The van der Waals surface area contributed by atoms with Gasteiger partial charge < -0.3 is 9.73 Å². The van der Waals surface area contributed by atoms with Crippen LogP contribution >= 0.6 is 11.6 Å². The number of para-hydroxylation sites is 1. The number of carbonyl (C=O) groups is 1. The van der Waals surface area contributed by atoms with Crippen LogP contribution in [0.25, 0.3) is 0 Å². The molecule has 1 amide bonds. The molecular weight excluding hydrogens is 328 g/mol. The lowest BCUT2D eigenvalue weighted by Crippen LogP contribution is -2.25. The average Bonchev–Trinajstić information content (AvgIpc) is 3.12. The van der Waals surface area contributed by atoms with Gasteiger partial charge in [-0.25, -0.2) is 13.1 Å². The molecule has 0 atom stereocenters. The molecule has 0 bridgehead atoms. The van der Waals surface area contributed by atoms with E-state index in [1.165, 1.54) is 12.1 Å². The van der Waals surface area contributed by atoms with Gasteiger partial charge in [-0.3, -0.25) is 4.79 Å². The fourth-order valence-electron chi connectivity index (χ4n) is 1.81. The first-order valence-electron chi connectivity index (χ1n) is 6.64. The minimum absolute atomic E-state index is 0.0319. The molecule has 0 aliphatic heterocycles. The summed E-state index contributed by atoms with van der Waals surface area (Å²) in [5.41, 5.74) is 0.422. The summed E-state index contributed by atoms with van der Waals surface area (Å²) >= 11 is 5.95. The van der Waals surface area contributed by atoms with Crippen molar-refractivity contribution in [1.82, 2.24) is 4.72 Å². The summed E-state index contributed by atoms with van der Waals surface area (Å²) in [5, 5.41) is 2.67. The molecule has 3 rings (SSSR count). The molecule has 2 aromatic rings. The van der Waals surface area contributed by atoms with E-state index in [1.54, 1.807) is 24.3 Å². The molecule has 116 valence electrons. The zero-order valence-corrected chi connectivity index (χ0v) is 12.9. The Hall–Kier alpha value is -1.83. The van der Waals surface area contributed by atoms with Crippen LogP contribution in [0.5, 0.6) is 0 Å². The molecule has 6 nitrogen and oxygen atoms in total. The number of rotatable bonds is 5. The number of benzene rings is 1. The predicted molar refractivity (Wildman–Crippen MR) is 81.5 cm³/mol. The third-order valence-corrected chi connectivity index (χ3v) is 4.81. The fourth-order valence-corrected chi connectivity index (χ4v) is 3.23. The monoisotopic (exact) mass is 340 g/mol. The SMILES string of the molecule is O=C(Nc1ccccc1Cl)c1ccc(S(=O)(=O)NC2CC2)o1. The lowest BCUT2D eigenvalue weighted by Gasteiger charge is -2.05. The van der Waals surface area contributed by atoms with Gasteiger partial charge in [-0.05, 0) is 37.1 Å². The maximum atomic E-state index is 12.1. The molecule has 2 N–H and O–H groups in total. The van der Waals surface area contributed by atoms with Crippen LogP contribution in [-0.2, 0) is 10.0 Å². The number of furan rings is 1. The van der Waals surface area contributed by atoms with Crippen LogP contribution in [0.3, 0.4) is 0 Å². The molecule has 1 saturated carbocycles. The number of nitrogens with one attached hydrogen (secondary N) is 2. The first-order chi connectivity index (χ1) is 10.5. The molecule has 8 heteroatoms. The molecule has 0 unspecified atom stereocenters. The Labute approximate surface area is 132 Å². The Morgan fingerprint density at radius 3 is 2.59 bits per heavy atom. The van der Waals surface area contributed by atoms with Gasteiger partial charge in [0, 0.05) is 6.04 Å². The minimum Gasteiger partial charge on any atom is -0.438 e. The number of sulfonamides is 1. The zero-order chi connectivity index (χ0) is 15.7. The second kappa shape index (κ2) is 5.75. The molecule has 1 aromatic carbocycles. The van der Waals surface area contributed by atoms with Crippen LogP contribution in [0.1, 0.15) is 23.4 Å². The Bertz CT molecular complexity index is 812. The lowest BCUT2D eigenvalue weighted by molar-refractivity contribution is 0.0991. The van der Waals surface area contributed by atoms with E-state index >= 15 is 0 Å². The largest absolute Gasteiger partial charge is 0.438 e. The highest BCUT2D eigenvalue weighted by molar-refractivity contribution is 7.89. The van der Waals surface area contributed by atoms with Crippen molar-refractivity contribution in [2.45, 2.75) is 24.0 Å². The number of hydrogen-bond acceptors (Lipinski definition) is 4. The lowest BCUT2D eigenvalue weighted by atomic mass is 10.3. The first kappa shape index (κ1) is 15.1. The molecule has 1 aromatic heterocycles. The third kappa shape index (κ3) is 3.32. The first-order valence-corrected chi connectivity index (χ1v) is 8.50. The van der Waals surface area contributed by atoms with E-state index in [0.717, 1.165) is 12.8 Å². The Kier molecular flexibility index (Phi) is 3.94. The maximum absolute atomic E-state index is 12.1. The maximum Gasteiger partial charge on any atom is 0.291 e. The van der Waals surface area contributed by atoms with Crippen molar-refractivity contribution in [3.8, 4) is 0 Å². The molecule has 0 spiro atoms. The Morgan fingerprint density at radius 1 is 1.18 bits per heavy atom. The summed E-state index contributed by atoms with van der Waals surface area (Å²) in [6.45, 7) is 0. The van der Waals surface area contributed by atoms with Crippen LogP contribution in [0.15, 0.2) is 45.9 Å². The highest BCUT2D eigenvalue weighted by Gasteiger charge is 2.30. The van der Waals surface area contributed by atoms with Gasteiger partial charge in [0.25, 0.3) is 15.9 Å². The van der Waals surface area contributed by atoms with Crippen LogP contribution in [0, 0.1) is 0 Å². The van der Waals surface area contributed by atoms with E-state index in [9.17, 15) is 13.2 Å². The summed E-state index contributed by atoms with van der Waals surface area (Å²) in [7, 11) is -3.71. The van der Waals surface area contributed by atoms with E-state index in [0.29, 0.717) is 10.7 Å². The van der Waals surface area contributed by atoms with Crippen molar-refractivity contribution in [2.75, 3.05) is 5.32 Å². The van der Waals surface area contributed by atoms with Gasteiger partial charge in [0.2, 0.25) is 5.09 Å². The van der Waals surface area contributed by atoms with Crippen molar-refractivity contribution in [3.63, 3.8) is 0 Å². The number of anilines is 1. The van der Waals surface area contributed by atoms with Crippen molar-refractivity contribution < 1.29 is 17.6 Å². The van der Waals surface area contributed by atoms with E-state index in [2.05, 4.69) is 10.0 Å². The van der Waals surface area contributed by atoms with Crippen LogP contribution in [0.2, 0.25) is 5.02 Å². The van der Waals surface area contributed by atoms with Crippen LogP contribution in [0.4, 0.5) is 5.69 Å². The standard InChI is InChI=1S/C14H13ClN2O4S/c15-10-3-1-2-4-11(10)16-14(18)12-7-8-13(21-12)22(19,20)17-9-5-6-9/h1-4,7-9,17H,5-6H2,(H,16,18). The van der Waals surface area contributed by atoms with Crippen molar-refractivity contribution in [1.29, 1.82) is 0 Å².